The number of carbonyl (C=O) groups is 2. The van der Waals surface area contributed by atoms with Crippen LogP contribution in [0.5, 0.6) is 0 Å². The zero-order chi connectivity index (χ0) is 21.8. The van der Waals surface area contributed by atoms with Crippen LogP contribution in [-0.2, 0) is 11.3 Å². The lowest BCUT2D eigenvalue weighted by atomic mass is 9.90. The van der Waals surface area contributed by atoms with Crippen molar-refractivity contribution < 1.29 is 9.59 Å². The van der Waals surface area contributed by atoms with Crippen LogP contribution in [0.15, 0.2) is 35.7 Å². The van der Waals surface area contributed by atoms with Crippen molar-refractivity contribution in [2.24, 2.45) is 0 Å². The zero-order valence-corrected chi connectivity index (χ0v) is 19.2. The van der Waals surface area contributed by atoms with Gasteiger partial charge in [0.2, 0.25) is 5.91 Å². The van der Waals surface area contributed by atoms with Gasteiger partial charge in [0, 0.05) is 17.1 Å². The standard InChI is InChI=1S/C25H29N3O2S/c1-16-8-7-11-20(17(16)2)28-22(29)21-14-18-12-13-31-23(18)27(21)15-25(28,3)24(30)26-19-9-5-4-6-10-19/h7-8,11-14,19H,4-6,9-10,15H2,1-3H3,(H,26,30). The Bertz CT molecular complexity index is 1170. The van der Waals surface area contributed by atoms with E-state index in [4.69, 9.17) is 0 Å². The molecule has 3 aromatic rings. The third kappa shape index (κ3) is 3.19. The van der Waals surface area contributed by atoms with Gasteiger partial charge >= 0.3 is 0 Å². The molecule has 0 saturated heterocycles. The summed E-state index contributed by atoms with van der Waals surface area (Å²) in [6.07, 6.45) is 5.57. The number of amides is 2. The molecule has 2 amide bonds. The molecule has 0 bridgehead atoms. The maximum Gasteiger partial charge on any atom is 0.275 e. The van der Waals surface area contributed by atoms with Gasteiger partial charge in [-0.15, -0.1) is 11.3 Å². The van der Waals surface area contributed by atoms with Crippen LogP contribution in [0.1, 0.15) is 60.6 Å². The molecule has 5 nitrogen and oxygen atoms in total. The Balaban J connectivity index is 1.63. The Morgan fingerprint density at radius 3 is 2.71 bits per heavy atom. The quantitative estimate of drug-likeness (QED) is 0.616. The summed E-state index contributed by atoms with van der Waals surface area (Å²) in [6.45, 7) is 6.45. The van der Waals surface area contributed by atoms with Crippen molar-refractivity contribution in [3.63, 3.8) is 0 Å². The summed E-state index contributed by atoms with van der Waals surface area (Å²) in [4.78, 5) is 30.5. The number of anilines is 1. The molecule has 5 rings (SSSR count). The van der Waals surface area contributed by atoms with Crippen LogP contribution in [0.25, 0.3) is 10.2 Å². The topological polar surface area (TPSA) is 54.3 Å². The lowest BCUT2D eigenvalue weighted by Gasteiger charge is -2.45. The van der Waals surface area contributed by atoms with Gasteiger partial charge in [-0.2, -0.15) is 0 Å². The Hall–Kier alpha value is -2.60. The molecular formula is C25H29N3O2S. The normalized spacial score (nSPS) is 22.0. The highest BCUT2D eigenvalue weighted by molar-refractivity contribution is 7.16. The molecule has 1 aliphatic heterocycles. The molecule has 1 aliphatic carbocycles. The van der Waals surface area contributed by atoms with Crippen molar-refractivity contribution in [1.82, 2.24) is 9.88 Å². The molecule has 162 valence electrons. The molecule has 1 saturated carbocycles. The largest absolute Gasteiger partial charge is 0.351 e. The number of nitrogens with zero attached hydrogens (tertiary/aromatic N) is 2. The van der Waals surface area contributed by atoms with Gasteiger partial charge in [-0.25, -0.2) is 0 Å². The van der Waals surface area contributed by atoms with E-state index in [1.807, 2.05) is 61.1 Å². The number of fused-ring (bicyclic) bond motifs is 3. The molecule has 1 aromatic carbocycles. The van der Waals surface area contributed by atoms with Crippen LogP contribution in [-0.4, -0.2) is 28.0 Å². The summed E-state index contributed by atoms with van der Waals surface area (Å²) in [6, 6.07) is 10.2. The Morgan fingerprint density at radius 1 is 1.16 bits per heavy atom. The van der Waals surface area contributed by atoms with Crippen LogP contribution in [0.4, 0.5) is 5.69 Å². The summed E-state index contributed by atoms with van der Waals surface area (Å²) in [7, 11) is 0. The highest BCUT2D eigenvalue weighted by atomic mass is 32.1. The van der Waals surface area contributed by atoms with Crippen molar-refractivity contribution in [1.29, 1.82) is 0 Å². The molecule has 0 spiro atoms. The van der Waals surface area contributed by atoms with E-state index in [-0.39, 0.29) is 17.9 Å². The van der Waals surface area contributed by atoms with Crippen molar-refractivity contribution in [3.05, 3.63) is 52.5 Å². The molecular weight excluding hydrogens is 406 g/mol. The lowest BCUT2D eigenvalue weighted by molar-refractivity contribution is -0.127. The number of aryl methyl sites for hydroxylation is 1. The summed E-state index contributed by atoms with van der Waals surface area (Å²) in [5, 5.41) is 6.41. The molecule has 2 aliphatic rings. The Labute approximate surface area is 187 Å². The number of aromatic nitrogens is 1. The van der Waals surface area contributed by atoms with Gasteiger partial charge in [-0.1, -0.05) is 31.4 Å². The van der Waals surface area contributed by atoms with E-state index in [0.717, 1.165) is 52.7 Å². The van der Waals surface area contributed by atoms with Gasteiger partial charge in [0.1, 0.15) is 16.1 Å². The average Bonchev–Trinajstić information content (AvgIpc) is 3.34. The summed E-state index contributed by atoms with van der Waals surface area (Å²) in [5.41, 5.74) is 2.63. The van der Waals surface area contributed by atoms with Crippen LogP contribution >= 0.6 is 11.3 Å². The van der Waals surface area contributed by atoms with E-state index in [2.05, 4.69) is 5.32 Å². The SMILES string of the molecule is Cc1cccc(N2C(=O)c3cc4ccsc4n3CC2(C)C(=O)NC2CCCCC2)c1C. The predicted octanol–water partition coefficient (Wildman–Crippen LogP) is 5.19. The Morgan fingerprint density at radius 2 is 1.94 bits per heavy atom. The third-order valence-electron chi connectivity index (χ3n) is 7.13. The molecule has 0 radical (unpaired) electrons. The van der Waals surface area contributed by atoms with Crippen LogP contribution in [0, 0.1) is 13.8 Å². The molecule has 1 unspecified atom stereocenters. The minimum Gasteiger partial charge on any atom is -0.351 e. The molecule has 2 aromatic heterocycles. The second-order valence-electron chi connectivity index (χ2n) is 9.24. The first-order chi connectivity index (χ1) is 14.9. The van der Waals surface area contributed by atoms with E-state index in [9.17, 15) is 9.59 Å². The Kier molecular flexibility index (Phi) is 4.93. The van der Waals surface area contributed by atoms with E-state index < -0.39 is 5.54 Å². The number of thiophene rings is 1. The highest BCUT2D eigenvalue weighted by Gasteiger charge is 2.49. The fourth-order valence-electron chi connectivity index (χ4n) is 5.14. The number of hydrogen-bond donors (Lipinski definition) is 1. The lowest BCUT2D eigenvalue weighted by Crippen LogP contribution is -2.65. The number of carbonyl (C=O) groups excluding carboxylic acids is 2. The molecule has 1 fully saturated rings. The molecule has 3 heterocycles. The first-order valence-corrected chi connectivity index (χ1v) is 12.1. The fourth-order valence-corrected chi connectivity index (χ4v) is 6.04. The van der Waals surface area contributed by atoms with Crippen LogP contribution < -0.4 is 10.2 Å². The summed E-state index contributed by atoms with van der Waals surface area (Å²) in [5.74, 6) is -0.164. The smallest absolute Gasteiger partial charge is 0.275 e. The van der Waals surface area contributed by atoms with E-state index >= 15 is 0 Å². The van der Waals surface area contributed by atoms with Crippen molar-refractivity contribution >= 4 is 39.1 Å². The zero-order valence-electron chi connectivity index (χ0n) is 18.4. The van der Waals surface area contributed by atoms with Gasteiger partial charge in [-0.05, 0) is 68.3 Å². The number of benzene rings is 1. The van der Waals surface area contributed by atoms with E-state index in [0.29, 0.717) is 12.2 Å². The monoisotopic (exact) mass is 435 g/mol. The molecule has 31 heavy (non-hydrogen) atoms. The van der Waals surface area contributed by atoms with Crippen molar-refractivity contribution in [3.8, 4) is 0 Å². The number of hydrogen-bond acceptors (Lipinski definition) is 3. The second kappa shape index (κ2) is 7.52. The predicted molar refractivity (Wildman–Crippen MR) is 126 cm³/mol. The maximum absolute atomic E-state index is 13.9. The van der Waals surface area contributed by atoms with Gasteiger partial charge in [0.25, 0.3) is 5.91 Å². The first kappa shape index (κ1) is 20.3. The second-order valence-corrected chi connectivity index (χ2v) is 10.1. The maximum atomic E-state index is 13.9. The number of nitrogens with one attached hydrogen (secondary N) is 1. The van der Waals surface area contributed by atoms with E-state index in [1.165, 1.54) is 6.42 Å². The fraction of sp³-hybridized carbons (Fsp3) is 0.440. The van der Waals surface area contributed by atoms with Crippen molar-refractivity contribution in [2.45, 2.75) is 71.0 Å². The van der Waals surface area contributed by atoms with Gasteiger partial charge in [0.15, 0.2) is 0 Å². The minimum absolute atomic E-state index is 0.0577. The van der Waals surface area contributed by atoms with E-state index in [1.54, 1.807) is 16.2 Å². The van der Waals surface area contributed by atoms with Crippen molar-refractivity contribution in [2.75, 3.05) is 4.90 Å². The summed E-state index contributed by atoms with van der Waals surface area (Å²) >= 11 is 1.62. The highest BCUT2D eigenvalue weighted by Crippen LogP contribution is 2.39. The third-order valence-corrected chi connectivity index (χ3v) is 8.08. The molecule has 6 heteroatoms. The van der Waals surface area contributed by atoms with Crippen LogP contribution in [0.3, 0.4) is 0 Å². The minimum atomic E-state index is -1.00. The van der Waals surface area contributed by atoms with Crippen LogP contribution in [0.2, 0.25) is 0 Å². The molecule has 1 N–H and O–H groups in total. The van der Waals surface area contributed by atoms with Gasteiger partial charge in [-0.3, -0.25) is 14.5 Å². The average molecular weight is 436 g/mol. The van der Waals surface area contributed by atoms with Gasteiger partial charge < -0.3 is 9.88 Å². The number of rotatable bonds is 3. The summed E-state index contributed by atoms with van der Waals surface area (Å²) < 4.78 is 2.05. The van der Waals surface area contributed by atoms with Gasteiger partial charge in [0.05, 0.1) is 6.54 Å². The molecule has 1 atom stereocenters. The first-order valence-electron chi connectivity index (χ1n) is 11.2.